The van der Waals surface area contributed by atoms with E-state index in [1.165, 1.54) is 26.0 Å². The third-order valence-electron chi connectivity index (χ3n) is 11.4. The van der Waals surface area contributed by atoms with Crippen molar-refractivity contribution >= 4 is 47.8 Å². The Morgan fingerprint density at radius 3 is 2.10 bits per heavy atom. The average molecular weight is 873 g/mol. The number of carbonyl (C=O) groups is 8. The van der Waals surface area contributed by atoms with Gasteiger partial charge in [0.05, 0.1) is 13.2 Å². The van der Waals surface area contributed by atoms with Crippen molar-refractivity contribution in [3.8, 4) is 5.75 Å². The minimum Gasteiger partial charge on any atom is -0.497 e. The Bertz CT molecular complexity index is 1740. The number of rotatable bonds is 13. The van der Waals surface area contributed by atoms with E-state index in [0.717, 1.165) is 5.01 Å². The summed E-state index contributed by atoms with van der Waals surface area (Å²) in [5.41, 5.74) is 3.41. The van der Waals surface area contributed by atoms with E-state index in [0.29, 0.717) is 24.1 Å². The average Bonchev–Trinajstić information content (AvgIpc) is 3.21. The molecule has 2 saturated heterocycles. The van der Waals surface area contributed by atoms with E-state index in [4.69, 9.17) is 9.47 Å². The Balaban J connectivity index is 2.26. The van der Waals surface area contributed by atoms with Crippen LogP contribution >= 0.6 is 0 Å². The van der Waals surface area contributed by atoms with Crippen LogP contribution in [0, 0.1) is 23.7 Å². The topological polar surface area (TPSA) is 254 Å². The third-order valence-corrected chi connectivity index (χ3v) is 11.4. The normalized spacial score (nSPS) is 27.1. The molecule has 7 amide bonds. The van der Waals surface area contributed by atoms with Gasteiger partial charge in [-0.1, -0.05) is 73.9 Å². The number of esters is 1. The number of amides is 7. The summed E-state index contributed by atoms with van der Waals surface area (Å²) in [6.45, 7) is 15.3. The molecule has 0 bridgehead atoms. The van der Waals surface area contributed by atoms with Crippen LogP contribution in [0.15, 0.2) is 24.3 Å². The molecule has 9 unspecified atom stereocenters. The predicted molar refractivity (Wildman–Crippen MR) is 227 cm³/mol. The van der Waals surface area contributed by atoms with Crippen LogP contribution in [0.1, 0.15) is 87.1 Å². The molecule has 1 aromatic rings. The largest absolute Gasteiger partial charge is 0.497 e. The first-order valence-electron chi connectivity index (χ1n) is 21.4. The van der Waals surface area contributed by atoms with Gasteiger partial charge in [0.15, 0.2) is 0 Å². The number of β-amino-alcohol motifs (C(OH)–C–C–N with tert-alkyl or cyclic N) is 1. The number of nitrogens with zero attached hydrogens (tertiary/aromatic N) is 2. The summed E-state index contributed by atoms with van der Waals surface area (Å²) in [5, 5.41) is 25.1. The molecule has 7 N–H and O–H groups in total. The molecule has 0 aliphatic carbocycles. The van der Waals surface area contributed by atoms with Gasteiger partial charge in [-0.3, -0.25) is 38.6 Å². The number of hydrogen-bond acceptors (Lipinski definition) is 12. The maximum absolute atomic E-state index is 14.6. The van der Waals surface area contributed by atoms with E-state index in [9.17, 15) is 43.5 Å². The standard InChI is InChI=1S/C43H68N8O11/c1-12-25(8)34(44-21-52)39(56)49-35-26(9)62-43(60)36(24(6)7)50(10)41(58)31(17-22(2)3)47-38(55)32-19-28(53)20-45-51(32)42(59)33(23(4)5)48-37(54)30(46-40(35)57)18-27-13-15-29(61-11)16-14-27/h13-16,21-26,28,30-36,45,53H,12,17-20H2,1-11H3,(H,44,52)(H,46,57)(H,47,55)(H,48,54)(H,49,56)/t25?,26-,28?,30?,31?,32?,33?,34?,35?,36?/m0/s1. The molecule has 0 spiro atoms. The summed E-state index contributed by atoms with van der Waals surface area (Å²) in [5.74, 6) is -6.61. The van der Waals surface area contributed by atoms with Crippen LogP contribution in [0.5, 0.6) is 5.75 Å². The van der Waals surface area contributed by atoms with Crippen molar-refractivity contribution in [2.45, 2.75) is 142 Å². The van der Waals surface area contributed by atoms with Gasteiger partial charge < -0.3 is 46.1 Å². The van der Waals surface area contributed by atoms with Crippen LogP contribution < -0.4 is 36.7 Å². The van der Waals surface area contributed by atoms with E-state index in [1.54, 1.807) is 58.9 Å². The van der Waals surface area contributed by atoms with Crippen LogP contribution in [-0.2, 0) is 49.5 Å². The molecule has 2 aliphatic rings. The number of aliphatic hydroxyl groups excluding tert-OH is 1. The SMILES string of the molecule is CCC(C)C(NC=O)C(=O)NC1C(=O)NC(Cc2ccc(OC)cc2)C(=O)NC(C(C)C)C(=O)N2NCC(O)CC2C(=O)NC(CC(C)C)C(=O)N(C)C(C(C)C)C(=O)O[C@H]1C. The van der Waals surface area contributed by atoms with Gasteiger partial charge in [-0.25, -0.2) is 10.2 Å². The van der Waals surface area contributed by atoms with Crippen molar-refractivity contribution in [3.05, 3.63) is 29.8 Å². The van der Waals surface area contributed by atoms with Crippen LogP contribution in [-0.4, -0.2) is 138 Å². The summed E-state index contributed by atoms with van der Waals surface area (Å²) in [6, 6.07) is -2.45. The second kappa shape index (κ2) is 23.2. The first-order valence-corrected chi connectivity index (χ1v) is 21.4. The number of fused-ring (bicyclic) bond motifs is 1. The van der Waals surface area contributed by atoms with E-state index < -0.39 is 108 Å². The maximum atomic E-state index is 14.6. The zero-order valence-corrected chi connectivity index (χ0v) is 37.9. The molecule has 2 heterocycles. The van der Waals surface area contributed by atoms with Gasteiger partial charge in [-0.05, 0) is 54.7 Å². The number of benzene rings is 1. The zero-order valence-electron chi connectivity index (χ0n) is 37.9. The predicted octanol–water partition coefficient (Wildman–Crippen LogP) is -0.0656. The second-order valence-corrected chi connectivity index (χ2v) is 17.4. The third kappa shape index (κ3) is 13.3. The first kappa shape index (κ1) is 51.1. The molecule has 1 aromatic carbocycles. The monoisotopic (exact) mass is 873 g/mol. The molecule has 0 saturated carbocycles. The van der Waals surface area contributed by atoms with Gasteiger partial charge in [-0.2, -0.15) is 0 Å². The molecule has 3 rings (SSSR count). The van der Waals surface area contributed by atoms with Crippen molar-refractivity contribution in [2.24, 2.45) is 23.7 Å². The van der Waals surface area contributed by atoms with E-state index in [2.05, 4.69) is 32.0 Å². The summed E-state index contributed by atoms with van der Waals surface area (Å²) < 4.78 is 11.2. The van der Waals surface area contributed by atoms with Crippen molar-refractivity contribution in [1.29, 1.82) is 0 Å². The van der Waals surface area contributed by atoms with Crippen LogP contribution in [0.2, 0.25) is 0 Å². The second-order valence-electron chi connectivity index (χ2n) is 17.4. The quantitative estimate of drug-likeness (QED) is 0.102. The fourth-order valence-electron chi connectivity index (χ4n) is 7.59. The number of aliphatic hydroxyl groups is 1. The van der Waals surface area contributed by atoms with Crippen molar-refractivity contribution < 1.29 is 52.9 Å². The molecule has 62 heavy (non-hydrogen) atoms. The highest BCUT2D eigenvalue weighted by Crippen LogP contribution is 2.21. The Kier molecular flexibility index (Phi) is 19.1. The number of likely N-dealkylation sites (N-methyl/N-ethyl adjacent to an activating group) is 1. The number of ether oxygens (including phenoxy) is 2. The zero-order chi connectivity index (χ0) is 46.6. The Hall–Kier alpha value is -5.30. The molecule has 19 nitrogen and oxygen atoms in total. The van der Waals surface area contributed by atoms with Crippen LogP contribution in [0.4, 0.5) is 0 Å². The molecular formula is C43H68N8O11. The number of hydrazine groups is 1. The lowest BCUT2D eigenvalue weighted by molar-refractivity contribution is -0.163. The number of hydrogen-bond donors (Lipinski definition) is 7. The number of carbonyl (C=O) groups excluding carboxylic acids is 8. The lowest BCUT2D eigenvalue weighted by Crippen LogP contribution is -2.67. The maximum Gasteiger partial charge on any atom is 0.329 e. The van der Waals surface area contributed by atoms with Gasteiger partial charge in [-0.15, -0.1) is 0 Å². The van der Waals surface area contributed by atoms with Crippen molar-refractivity contribution in [3.63, 3.8) is 0 Å². The van der Waals surface area contributed by atoms with E-state index in [1.807, 2.05) is 20.8 Å². The molecule has 19 heteroatoms. The fraction of sp³-hybridized carbons (Fsp3) is 0.674. The minimum absolute atomic E-state index is 0.0920. The number of nitrogens with one attached hydrogen (secondary N) is 6. The Morgan fingerprint density at radius 1 is 0.919 bits per heavy atom. The van der Waals surface area contributed by atoms with Crippen molar-refractivity contribution in [1.82, 2.24) is 41.9 Å². The first-order chi connectivity index (χ1) is 29.1. The smallest absolute Gasteiger partial charge is 0.329 e. The van der Waals surface area contributed by atoms with Gasteiger partial charge in [0.25, 0.3) is 5.91 Å². The highest BCUT2D eigenvalue weighted by molar-refractivity contribution is 5.98. The molecule has 0 aromatic heterocycles. The lowest BCUT2D eigenvalue weighted by Gasteiger charge is -2.40. The summed E-state index contributed by atoms with van der Waals surface area (Å²) in [4.78, 5) is 113. The van der Waals surface area contributed by atoms with Crippen LogP contribution in [0.25, 0.3) is 0 Å². The Morgan fingerprint density at radius 2 is 1.55 bits per heavy atom. The molecule has 346 valence electrons. The lowest BCUT2D eigenvalue weighted by atomic mass is 9.97. The summed E-state index contributed by atoms with van der Waals surface area (Å²) >= 11 is 0. The van der Waals surface area contributed by atoms with Crippen LogP contribution in [0.3, 0.4) is 0 Å². The number of cyclic esters (lactones) is 1. The highest BCUT2D eigenvalue weighted by Gasteiger charge is 2.44. The van der Waals surface area contributed by atoms with Gasteiger partial charge in [0.1, 0.15) is 54.1 Å². The highest BCUT2D eigenvalue weighted by atomic mass is 16.5. The summed E-state index contributed by atoms with van der Waals surface area (Å²) in [6.07, 6.45) is -1.78. The molecule has 0 radical (unpaired) electrons. The number of methoxy groups -OCH3 is 1. The molecule has 2 fully saturated rings. The van der Waals surface area contributed by atoms with Crippen molar-refractivity contribution in [2.75, 3.05) is 20.7 Å². The molecule has 2 aliphatic heterocycles. The fourth-order valence-corrected chi connectivity index (χ4v) is 7.59. The van der Waals surface area contributed by atoms with Gasteiger partial charge >= 0.3 is 5.97 Å². The minimum atomic E-state index is -1.64. The van der Waals surface area contributed by atoms with Gasteiger partial charge in [0.2, 0.25) is 35.9 Å². The Labute approximate surface area is 364 Å². The molecular weight excluding hydrogens is 805 g/mol. The molecule has 10 atom stereocenters. The van der Waals surface area contributed by atoms with E-state index in [-0.39, 0.29) is 37.6 Å². The van der Waals surface area contributed by atoms with E-state index >= 15 is 0 Å². The van der Waals surface area contributed by atoms with Gasteiger partial charge in [0, 0.05) is 26.4 Å². The summed E-state index contributed by atoms with van der Waals surface area (Å²) in [7, 11) is 2.89.